The standard InChI is InChI=1S/C24H22N4O2/c29-23(14-13-17-16-25-22-12-5-4-11-21(17)22)26-19-9-6-10-20(15-19)28-24(30)27-18-7-2-1-3-8-18/h1-12,15-16,25H,13-14H2,(H,26,29)(H2,27,28,30). The van der Waals surface area contributed by atoms with E-state index in [2.05, 4.69) is 27.0 Å². The van der Waals surface area contributed by atoms with Crippen LogP contribution in [0.5, 0.6) is 0 Å². The number of hydrogen-bond acceptors (Lipinski definition) is 2. The quantitative estimate of drug-likeness (QED) is 0.351. The zero-order valence-electron chi connectivity index (χ0n) is 16.3. The second-order valence-corrected chi connectivity index (χ2v) is 6.93. The van der Waals surface area contributed by atoms with E-state index < -0.39 is 0 Å². The number of rotatable bonds is 6. The summed E-state index contributed by atoms with van der Waals surface area (Å²) in [5, 5.41) is 9.57. The molecule has 0 aliphatic heterocycles. The highest BCUT2D eigenvalue weighted by Gasteiger charge is 2.08. The van der Waals surface area contributed by atoms with Crippen molar-refractivity contribution in [2.24, 2.45) is 0 Å². The van der Waals surface area contributed by atoms with Crippen molar-refractivity contribution in [3.05, 3.63) is 90.6 Å². The number of amides is 3. The SMILES string of the molecule is O=C(CCc1c[nH]c2ccccc12)Nc1cccc(NC(=O)Nc2ccccc2)c1. The number of aromatic amines is 1. The largest absolute Gasteiger partial charge is 0.361 e. The van der Waals surface area contributed by atoms with Gasteiger partial charge in [0.1, 0.15) is 0 Å². The molecule has 150 valence electrons. The summed E-state index contributed by atoms with van der Waals surface area (Å²) >= 11 is 0. The monoisotopic (exact) mass is 398 g/mol. The zero-order valence-corrected chi connectivity index (χ0v) is 16.3. The molecule has 1 heterocycles. The molecule has 6 nitrogen and oxygen atoms in total. The lowest BCUT2D eigenvalue weighted by Crippen LogP contribution is -2.19. The highest BCUT2D eigenvalue weighted by molar-refractivity contribution is 6.00. The summed E-state index contributed by atoms with van der Waals surface area (Å²) < 4.78 is 0. The Bertz CT molecular complexity index is 1170. The summed E-state index contributed by atoms with van der Waals surface area (Å²) in [6.07, 6.45) is 2.97. The molecular formula is C24H22N4O2. The fourth-order valence-corrected chi connectivity index (χ4v) is 3.30. The van der Waals surface area contributed by atoms with E-state index in [4.69, 9.17) is 0 Å². The lowest BCUT2D eigenvalue weighted by atomic mass is 10.1. The molecule has 0 fully saturated rings. The Kier molecular flexibility index (Phi) is 5.75. The van der Waals surface area contributed by atoms with Crippen LogP contribution in [0.3, 0.4) is 0 Å². The lowest BCUT2D eigenvalue weighted by Gasteiger charge is -2.10. The summed E-state index contributed by atoms with van der Waals surface area (Å²) in [5.74, 6) is -0.0776. The predicted octanol–water partition coefficient (Wildman–Crippen LogP) is 5.38. The number of carbonyl (C=O) groups excluding carboxylic acids is 2. The number of para-hydroxylation sites is 2. The summed E-state index contributed by atoms with van der Waals surface area (Å²) in [5.41, 5.74) is 4.13. The summed E-state index contributed by atoms with van der Waals surface area (Å²) in [7, 11) is 0. The number of urea groups is 1. The van der Waals surface area contributed by atoms with Gasteiger partial charge in [-0.15, -0.1) is 0 Å². The third kappa shape index (κ3) is 4.86. The normalized spacial score (nSPS) is 10.5. The molecule has 0 aliphatic carbocycles. The zero-order chi connectivity index (χ0) is 20.8. The number of aromatic nitrogens is 1. The number of carbonyl (C=O) groups is 2. The molecule has 0 unspecified atom stereocenters. The van der Waals surface area contributed by atoms with E-state index >= 15 is 0 Å². The Labute approximate surface area is 174 Å². The molecule has 4 aromatic rings. The van der Waals surface area contributed by atoms with Crippen molar-refractivity contribution in [1.82, 2.24) is 4.98 Å². The van der Waals surface area contributed by atoms with E-state index in [1.807, 2.05) is 54.7 Å². The topological polar surface area (TPSA) is 86.0 Å². The molecule has 3 aromatic carbocycles. The smallest absolute Gasteiger partial charge is 0.323 e. The van der Waals surface area contributed by atoms with Gasteiger partial charge in [-0.1, -0.05) is 42.5 Å². The van der Waals surface area contributed by atoms with Gasteiger partial charge in [0, 0.05) is 40.6 Å². The second-order valence-electron chi connectivity index (χ2n) is 6.93. The molecule has 0 bridgehead atoms. The van der Waals surface area contributed by atoms with Crippen LogP contribution in [0.2, 0.25) is 0 Å². The summed E-state index contributed by atoms with van der Waals surface area (Å²) in [6, 6.07) is 24.0. The molecule has 1 aromatic heterocycles. The van der Waals surface area contributed by atoms with Crippen LogP contribution in [-0.2, 0) is 11.2 Å². The average Bonchev–Trinajstić information content (AvgIpc) is 3.16. The first kappa shape index (κ1) is 19.3. The van der Waals surface area contributed by atoms with Gasteiger partial charge in [0.05, 0.1) is 0 Å². The summed E-state index contributed by atoms with van der Waals surface area (Å²) in [4.78, 5) is 27.8. The Morgan fingerprint density at radius 2 is 1.40 bits per heavy atom. The van der Waals surface area contributed by atoms with Crippen molar-refractivity contribution in [2.75, 3.05) is 16.0 Å². The fraction of sp³-hybridized carbons (Fsp3) is 0.0833. The molecule has 0 spiro atoms. The Balaban J connectivity index is 1.32. The van der Waals surface area contributed by atoms with Crippen LogP contribution in [0.1, 0.15) is 12.0 Å². The lowest BCUT2D eigenvalue weighted by molar-refractivity contribution is -0.116. The van der Waals surface area contributed by atoms with Gasteiger partial charge in [-0.3, -0.25) is 4.79 Å². The van der Waals surface area contributed by atoms with E-state index in [-0.39, 0.29) is 11.9 Å². The molecule has 3 amide bonds. The molecule has 4 rings (SSSR count). The van der Waals surface area contributed by atoms with Gasteiger partial charge in [0.15, 0.2) is 0 Å². The fourth-order valence-electron chi connectivity index (χ4n) is 3.30. The Morgan fingerprint density at radius 1 is 0.733 bits per heavy atom. The van der Waals surface area contributed by atoms with E-state index in [1.165, 1.54) is 0 Å². The number of anilines is 3. The highest BCUT2D eigenvalue weighted by atomic mass is 16.2. The van der Waals surface area contributed by atoms with Crippen LogP contribution in [0.4, 0.5) is 21.9 Å². The number of benzene rings is 3. The van der Waals surface area contributed by atoms with E-state index in [0.717, 1.165) is 16.5 Å². The molecule has 0 saturated carbocycles. The van der Waals surface area contributed by atoms with E-state index in [1.54, 1.807) is 24.3 Å². The van der Waals surface area contributed by atoms with Crippen molar-refractivity contribution in [3.8, 4) is 0 Å². The van der Waals surface area contributed by atoms with Crippen LogP contribution in [0, 0.1) is 0 Å². The first-order valence-electron chi connectivity index (χ1n) is 9.75. The molecule has 6 heteroatoms. The van der Waals surface area contributed by atoms with Gasteiger partial charge in [-0.2, -0.15) is 0 Å². The Morgan fingerprint density at radius 3 is 2.23 bits per heavy atom. The predicted molar refractivity (Wildman–Crippen MR) is 121 cm³/mol. The molecule has 4 N–H and O–H groups in total. The van der Waals surface area contributed by atoms with Crippen molar-refractivity contribution in [3.63, 3.8) is 0 Å². The molecule has 30 heavy (non-hydrogen) atoms. The van der Waals surface area contributed by atoms with Crippen LogP contribution in [-0.4, -0.2) is 16.9 Å². The van der Waals surface area contributed by atoms with E-state index in [0.29, 0.717) is 29.9 Å². The number of nitrogens with one attached hydrogen (secondary N) is 4. The summed E-state index contributed by atoms with van der Waals surface area (Å²) in [6.45, 7) is 0. The molecule has 0 atom stereocenters. The Hall–Kier alpha value is -4.06. The molecule has 0 saturated heterocycles. The van der Waals surface area contributed by atoms with Crippen molar-refractivity contribution in [1.29, 1.82) is 0 Å². The van der Waals surface area contributed by atoms with Crippen LogP contribution >= 0.6 is 0 Å². The van der Waals surface area contributed by atoms with Crippen LogP contribution < -0.4 is 16.0 Å². The second kappa shape index (κ2) is 8.96. The minimum atomic E-state index is -0.344. The average molecular weight is 398 g/mol. The van der Waals surface area contributed by atoms with Gasteiger partial charge < -0.3 is 20.9 Å². The first-order valence-corrected chi connectivity index (χ1v) is 9.75. The number of hydrogen-bond donors (Lipinski definition) is 4. The van der Waals surface area contributed by atoms with Gasteiger partial charge in [-0.25, -0.2) is 4.79 Å². The van der Waals surface area contributed by atoms with Crippen molar-refractivity contribution < 1.29 is 9.59 Å². The number of fused-ring (bicyclic) bond motifs is 1. The maximum atomic E-state index is 12.4. The van der Waals surface area contributed by atoms with Gasteiger partial charge in [0.25, 0.3) is 0 Å². The van der Waals surface area contributed by atoms with Gasteiger partial charge in [0.2, 0.25) is 5.91 Å². The maximum Gasteiger partial charge on any atom is 0.323 e. The minimum Gasteiger partial charge on any atom is -0.361 e. The van der Waals surface area contributed by atoms with Crippen molar-refractivity contribution in [2.45, 2.75) is 12.8 Å². The van der Waals surface area contributed by atoms with Crippen LogP contribution in [0.15, 0.2) is 85.1 Å². The highest BCUT2D eigenvalue weighted by Crippen LogP contribution is 2.20. The number of aryl methyl sites for hydroxylation is 1. The maximum absolute atomic E-state index is 12.4. The van der Waals surface area contributed by atoms with Gasteiger partial charge in [-0.05, 0) is 48.4 Å². The third-order valence-corrected chi connectivity index (χ3v) is 4.73. The minimum absolute atomic E-state index is 0.0776. The number of H-pyrrole nitrogens is 1. The molecular weight excluding hydrogens is 376 g/mol. The molecule has 0 aliphatic rings. The van der Waals surface area contributed by atoms with Crippen LogP contribution in [0.25, 0.3) is 10.9 Å². The van der Waals surface area contributed by atoms with Crippen molar-refractivity contribution >= 4 is 39.9 Å². The van der Waals surface area contributed by atoms with E-state index in [9.17, 15) is 9.59 Å². The third-order valence-electron chi connectivity index (χ3n) is 4.73. The molecule has 0 radical (unpaired) electrons. The van der Waals surface area contributed by atoms with Gasteiger partial charge >= 0.3 is 6.03 Å². The first-order chi connectivity index (χ1) is 14.7.